The van der Waals surface area contributed by atoms with Crippen LogP contribution in [0.5, 0.6) is 0 Å². The van der Waals surface area contributed by atoms with E-state index in [0.717, 1.165) is 32.4 Å². The molecular weight excluding hydrogens is 264 g/mol. The van der Waals surface area contributed by atoms with E-state index in [9.17, 15) is 4.79 Å². The quantitative estimate of drug-likeness (QED) is 0.767. The van der Waals surface area contributed by atoms with Crippen LogP contribution in [0.25, 0.3) is 0 Å². The summed E-state index contributed by atoms with van der Waals surface area (Å²) in [5.74, 6) is 0.413. The fourth-order valence-electron chi connectivity index (χ4n) is 3.85. The molecule has 1 saturated carbocycles. The lowest BCUT2D eigenvalue weighted by Crippen LogP contribution is -2.46. The second-order valence-electron chi connectivity index (χ2n) is 6.53. The Hall–Kier alpha value is -0.610. The van der Waals surface area contributed by atoms with Crippen LogP contribution in [0.3, 0.4) is 0 Å². The Bertz CT molecular complexity index is 314. The lowest BCUT2D eigenvalue weighted by Gasteiger charge is -2.34. The number of nitrogens with two attached hydrogens (primary N) is 1. The summed E-state index contributed by atoms with van der Waals surface area (Å²) in [6.07, 6.45) is 10.4. The fourth-order valence-corrected chi connectivity index (χ4v) is 3.85. The van der Waals surface area contributed by atoms with Gasteiger partial charge in [-0.3, -0.25) is 4.79 Å². The standard InChI is InChI=1S/C17H32N2O2/c1-2-16-15(10-13-21-16)17(20)19(12-7-11-18)14-8-5-3-4-6-9-14/h14-16H,2-13,18H2,1H3. The van der Waals surface area contributed by atoms with Crippen LogP contribution in [0, 0.1) is 5.92 Å². The summed E-state index contributed by atoms with van der Waals surface area (Å²) < 4.78 is 5.73. The zero-order chi connectivity index (χ0) is 15.1. The highest BCUT2D eigenvalue weighted by atomic mass is 16.5. The number of ether oxygens (including phenoxy) is 1. The first kappa shape index (κ1) is 16.8. The van der Waals surface area contributed by atoms with Crippen LogP contribution in [0.15, 0.2) is 0 Å². The van der Waals surface area contributed by atoms with Gasteiger partial charge in [0.05, 0.1) is 12.0 Å². The summed E-state index contributed by atoms with van der Waals surface area (Å²) in [6.45, 7) is 4.35. The van der Waals surface area contributed by atoms with E-state index in [2.05, 4.69) is 11.8 Å². The first-order valence-electron chi connectivity index (χ1n) is 8.90. The summed E-state index contributed by atoms with van der Waals surface area (Å²) in [5.41, 5.74) is 5.68. The van der Waals surface area contributed by atoms with E-state index in [4.69, 9.17) is 10.5 Å². The molecule has 2 fully saturated rings. The molecule has 0 bridgehead atoms. The number of nitrogens with zero attached hydrogens (tertiary/aromatic N) is 1. The molecule has 2 aliphatic rings. The first-order valence-corrected chi connectivity index (χ1v) is 8.90. The topological polar surface area (TPSA) is 55.6 Å². The predicted molar refractivity (Wildman–Crippen MR) is 85.0 cm³/mol. The van der Waals surface area contributed by atoms with Crippen molar-refractivity contribution < 1.29 is 9.53 Å². The first-order chi connectivity index (χ1) is 10.3. The normalized spacial score (nSPS) is 27.5. The van der Waals surface area contributed by atoms with Gasteiger partial charge in [-0.15, -0.1) is 0 Å². The predicted octanol–water partition coefficient (Wildman–Crippen LogP) is 2.70. The van der Waals surface area contributed by atoms with Crippen LogP contribution in [-0.2, 0) is 9.53 Å². The number of hydrogen-bond acceptors (Lipinski definition) is 3. The Kier molecular flexibility index (Phi) is 6.97. The fraction of sp³-hybridized carbons (Fsp3) is 0.941. The molecule has 1 aliphatic heterocycles. The SMILES string of the molecule is CCC1OCCC1C(=O)N(CCCN)C1CCCCCC1. The molecule has 122 valence electrons. The van der Waals surface area contributed by atoms with E-state index < -0.39 is 0 Å². The van der Waals surface area contributed by atoms with Crippen LogP contribution in [0.1, 0.15) is 64.7 Å². The number of carbonyl (C=O) groups is 1. The molecule has 0 radical (unpaired) electrons. The summed E-state index contributed by atoms with van der Waals surface area (Å²) in [4.78, 5) is 15.2. The van der Waals surface area contributed by atoms with Crippen LogP contribution < -0.4 is 5.73 Å². The average Bonchev–Trinajstić information content (AvgIpc) is 2.83. The van der Waals surface area contributed by atoms with Crippen molar-refractivity contribution in [1.29, 1.82) is 0 Å². The van der Waals surface area contributed by atoms with Crippen molar-refractivity contribution in [2.24, 2.45) is 11.7 Å². The van der Waals surface area contributed by atoms with Gasteiger partial charge in [-0.1, -0.05) is 32.6 Å². The minimum atomic E-state index is 0.0797. The molecule has 2 rings (SSSR count). The molecule has 1 amide bonds. The second kappa shape index (κ2) is 8.74. The zero-order valence-corrected chi connectivity index (χ0v) is 13.6. The number of amides is 1. The Balaban J connectivity index is 2.04. The number of hydrogen-bond donors (Lipinski definition) is 1. The maximum atomic E-state index is 13.0. The number of carbonyl (C=O) groups excluding carboxylic acids is 1. The van der Waals surface area contributed by atoms with E-state index in [1.165, 1.54) is 38.5 Å². The van der Waals surface area contributed by atoms with E-state index in [1.54, 1.807) is 0 Å². The average molecular weight is 296 g/mol. The molecule has 2 atom stereocenters. The number of rotatable bonds is 6. The van der Waals surface area contributed by atoms with Crippen LogP contribution >= 0.6 is 0 Å². The van der Waals surface area contributed by atoms with Crippen LogP contribution in [0.2, 0.25) is 0 Å². The van der Waals surface area contributed by atoms with Crippen molar-refractivity contribution in [2.75, 3.05) is 19.7 Å². The third-order valence-electron chi connectivity index (χ3n) is 5.08. The monoisotopic (exact) mass is 296 g/mol. The lowest BCUT2D eigenvalue weighted by atomic mass is 9.95. The Labute approximate surface area is 129 Å². The van der Waals surface area contributed by atoms with Gasteiger partial charge >= 0.3 is 0 Å². The minimum absolute atomic E-state index is 0.0797. The van der Waals surface area contributed by atoms with Gasteiger partial charge in [0.15, 0.2) is 0 Å². The largest absolute Gasteiger partial charge is 0.377 e. The molecule has 4 heteroatoms. The maximum Gasteiger partial charge on any atom is 0.228 e. The van der Waals surface area contributed by atoms with Crippen molar-refractivity contribution >= 4 is 5.91 Å². The van der Waals surface area contributed by atoms with Crippen molar-refractivity contribution in [1.82, 2.24) is 4.90 Å². The molecule has 0 spiro atoms. The van der Waals surface area contributed by atoms with Crippen LogP contribution in [0.4, 0.5) is 0 Å². The van der Waals surface area contributed by atoms with E-state index in [-0.39, 0.29) is 12.0 Å². The molecule has 0 aromatic carbocycles. The molecule has 2 unspecified atom stereocenters. The minimum Gasteiger partial charge on any atom is -0.377 e. The highest BCUT2D eigenvalue weighted by molar-refractivity contribution is 5.80. The van der Waals surface area contributed by atoms with Crippen molar-refractivity contribution in [3.63, 3.8) is 0 Å². The van der Waals surface area contributed by atoms with Gasteiger partial charge in [-0.2, -0.15) is 0 Å². The van der Waals surface area contributed by atoms with E-state index >= 15 is 0 Å². The van der Waals surface area contributed by atoms with Gasteiger partial charge < -0.3 is 15.4 Å². The highest BCUT2D eigenvalue weighted by Gasteiger charge is 2.37. The van der Waals surface area contributed by atoms with Gasteiger partial charge in [-0.05, 0) is 38.6 Å². The molecule has 1 aliphatic carbocycles. The molecule has 0 aromatic heterocycles. The van der Waals surface area contributed by atoms with Gasteiger partial charge in [0.2, 0.25) is 5.91 Å². The van der Waals surface area contributed by atoms with Crippen LogP contribution in [-0.4, -0.2) is 42.6 Å². The molecule has 21 heavy (non-hydrogen) atoms. The molecule has 2 N–H and O–H groups in total. The Morgan fingerprint density at radius 1 is 1.19 bits per heavy atom. The summed E-state index contributed by atoms with van der Waals surface area (Å²) in [7, 11) is 0. The van der Waals surface area contributed by atoms with E-state index in [1.807, 2.05) is 0 Å². The van der Waals surface area contributed by atoms with Gasteiger partial charge in [0.1, 0.15) is 0 Å². The highest BCUT2D eigenvalue weighted by Crippen LogP contribution is 2.29. The van der Waals surface area contributed by atoms with Gasteiger partial charge in [-0.25, -0.2) is 0 Å². The third kappa shape index (κ3) is 4.43. The lowest BCUT2D eigenvalue weighted by molar-refractivity contribution is -0.140. The van der Waals surface area contributed by atoms with Crippen molar-refractivity contribution in [3.8, 4) is 0 Å². The van der Waals surface area contributed by atoms with Crippen molar-refractivity contribution in [2.45, 2.75) is 76.9 Å². The second-order valence-corrected chi connectivity index (χ2v) is 6.53. The smallest absolute Gasteiger partial charge is 0.228 e. The molecule has 1 saturated heterocycles. The zero-order valence-electron chi connectivity index (χ0n) is 13.6. The Morgan fingerprint density at radius 3 is 2.52 bits per heavy atom. The van der Waals surface area contributed by atoms with E-state index in [0.29, 0.717) is 18.5 Å². The van der Waals surface area contributed by atoms with Gasteiger partial charge in [0.25, 0.3) is 0 Å². The molecule has 4 nitrogen and oxygen atoms in total. The molecular formula is C17H32N2O2. The summed E-state index contributed by atoms with van der Waals surface area (Å²) in [5, 5.41) is 0. The summed E-state index contributed by atoms with van der Waals surface area (Å²) in [6, 6.07) is 0.435. The Morgan fingerprint density at radius 2 is 1.90 bits per heavy atom. The molecule has 1 heterocycles. The van der Waals surface area contributed by atoms with Gasteiger partial charge in [0, 0.05) is 19.2 Å². The maximum absolute atomic E-state index is 13.0. The third-order valence-corrected chi connectivity index (χ3v) is 5.08. The molecule has 0 aromatic rings. The summed E-state index contributed by atoms with van der Waals surface area (Å²) >= 11 is 0. The van der Waals surface area contributed by atoms with Crippen molar-refractivity contribution in [3.05, 3.63) is 0 Å².